The van der Waals surface area contributed by atoms with E-state index in [0.717, 1.165) is 0 Å². The van der Waals surface area contributed by atoms with Gasteiger partial charge in [-0.15, -0.1) is 6.42 Å². The van der Waals surface area contributed by atoms with Gasteiger partial charge in [-0.1, -0.05) is 5.92 Å². The number of nitrogens with one attached hydrogen (secondary N) is 1. The first-order chi connectivity index (χ1) is 7.81. The molecule has 0 spiro atoms. The van der Waals surface area contributed by atoms with E-state index in [4.69, 9.17) is 11.2 Å². The van der Waals surface area contributed by atoms with Crippen molar-refractivity contribution < 1.29 is 9.53 Å². The molecule has 0 saturated carbocycles. The van der Waals surface area contributed by atoms with Gasteiger partial charge in [0.15, 0.2) is 0 Å². The Morgan fingerprint density at radius 2 is 2.29 bits per heavy atom. The van der Waals surface area contributed by atoms with Crippen LogP contribution in [-0.4, -0.2) is 21.5 Å². The van der Waals surface area contributed by atoms with Gasteiger partial charge in [0, 0.05) is 13.2 Å². The Balaban J connectivity index is 2.56. The number of amides is 1. The second kappa shape index (κ2) is 4.91. The predicted octanol–water partition coefficient (Wildman–Crippen LogP) is 1.43. The summed E-state index contributed by atoms with van der Waals surface area (Å²) in [6.45, 7) is 5.68. The first-order valence-electron chi connectivity index (χ1n) is 5.28. The summed E-state index contributed by atoms with van der Waals surface area (Å²) in [5.41, 5.74) is 0.813. The van der Waals surface area contributed by atoms with Gasteiger partial charge in [0.2, 0.25) is 0 Å². The molecule has 0 fully saturated rings. The molecule has 1 heterocycles. The second-order valence-corrected chi connectivity index (χ2v) is 4.66. The smallest absolute Gasteiger partial charge is 0.407 e. The average molecular weight is 235 g/mol. The highest BCUT2D eigenvalue weighted by Gasteiger charge is 2.16. The van der Waals surface area contributed by atoms with E-state index in [-0.39, 0.29) is 6.54 Å². The zero-order valence-electron chi connectivity index (χ0n) is 10.6. The van der Waals surface area contributed by atoms with E-state index in [1.54, 1.807) is 38.7 Å². The van der Waals surface area contributed by atoms with Crippen LogP contribution in [0.15, 0.2) is 6.20 Å². The Bertz CT molecular complexity index is 449. The summed E-state index contributed by atoms with van der Waals surface area (Å²) in [7, 11) is 1.78. The molecule has 5 heteroatoms. The molecule has 1 rings (SSSR count). The lowest BCUT2D eigenvalue weighted by Gasteiger charge is -2.19. The summed E-state index contributed by atoms with van der Waals surface area (Å²) >= 11 is 0. The molecule has 0 radical (unpaired) electrons. The van der Waals surface area contributed by atoms with Crippen LogP contribution in [0.4, 0.5) is 4.79 Å². The van der Waals surface area contributed by atoms with Crippen molar-refractivity contribution in [1.82, 2.24) is 15.1 Å². The van der Waals surface area contributed by atoms with Crippen molar-refractivity contribution in [3.63, 3.8) is 0 Å². The Hall–Kier alpha value is -1.96. The fourth-order valence-electron chi connectivity index (χ4n) is 1.26. The highest BCUT2D eigenvalue weighted by molar-refractivity contribution is 5.67. The number of carbonyl (C=O) groups is 1. The van der Waals surface area contributed by atoms with Crippen molar-refractivity contribution in [2.75, 3.05) is 0 Å². The van der Waals surface area contributed by atoms with E-state index < -0.39 is 11.7 Å². The van der Waals surface area contributed by atoms with Gasteiger partial charge in [-0.05, 0) is 20.8 Å². The molecule has 1 aromatic rings. The van der Waals surface area contributed by atoms with Crippen LogP contribution in [0.3, 0.4) is 0 Å². The molecule has 0 saturated heterocycles. The summed E-state index contributed by atoms with van der Waals surface area (Å²) < 4.78 is 6.72. The van der Waals surface area contributed by atoms with Crippen LogP contribution in [-0.2, 0) is 18.3 Å². The van der Waals surface area contributed by atoms with Gasteiger partial charge < -0.3 is 10.1 Å². The van der Waals surface area contributed by atoms with Crippen molar-refractivity contribution >= 4 is 6.09 Å². The summed E-state index contributed by atoms with van der Waals surface area (Å²) in [5, 5.41) is 6.76. The number of rotatable bonds is 2. The molecule has 0 unspecified atom stereocenters. The van der Waals surface area contributed by atoms with Gasteiger partial charge in [0.1, 0.15) is 5.60 Å². The van der Waals surface area contributed by atoms with Gasteiger partial charge in [0.25, 0.3) is 0 Å². The van der Waals surface area contributed by atoms with Gasteiger partial charge >= 0.3 is 6.09 Å². The van der Waals surface area contributed by atoms with Crippen LogP contribution < -0.4 is 5.32 Å². The van der Waals surface area contributed by atoms with E-state index in [2.05, 4.69) is 16.3 Å². The van der Waals surface area contributed by atoms with Crippen LogP contribution in [0.25, 0.3) is 0 Å². The first kappa shape index (κ1) is 13.1. The highest BCUT2D eigenvalue weighted by atomic mass is 16.6. The van der Waals surface area contributed by atoms with Crippen LogP contribution in [0.5, 0.6) is 0 Å². The molecule has 0 aliphatic rings. The third kappa shape index (κ3) is 4.19. The third-order valence-corrected chi connectivity index (χ3v) is 1.86. The summed E-state index contributed by atoms with van der Waals surface area (Å²) in [4.78, 5) is 11.4. The minimum absolute atomic E-state index is 0.259. The van der Waals surface area contributed by atoms with Crippen molar-refractivity contribution in [2.24, 2.45) is 7.05 Å². The maximum absolute atomic E-state index is 11.4. The lowest BCUT2D eigenvalue weighted by atomic mass is 10.2. The molecule has 5 nitrogen and oxygen atoms in total. The van der Waals surface area contributed by atoms with E-state index >= 15 is 0 Å². The van der Waals surface area contributed by atoms with Crippen LogP contribution in [0.2, 0.25) is 0 Å². The molecule has 92 valence electrons. The summed E-state index contributed by atoms with van der Waals surface area (Å²) in [6, 6.07) is 0. The average Bonchev–Trinajstić information content (AvgIpc) is 2.53. The zero-order chi connectivity index (χ0) is 13.1. The number of alkyl carbamates (subject to hydrolysis) is 1. The van der Waals surface area contributed by atoms with Crippen molar-refractivity contribution in [3.05, 3.63) is 17.5 Å². The first-order valence-corrected chi connectivity index (χ1v) is 5.28. The van der Waals surface area contributed by atoms with E-state index in [0.29, 0.717) is 11.3 Å². The molecule has 0 atom stereocenters. The molecule has 17 heavy (non-hydrogen) atoms. The number of aryl methyl sites for hydroxylation is 1. The number of hydrogen-bond acceptors (Lipinski definition) is 3. The number of ether oxygens (including phenoxy) is 1. The maximum Gasteiger partial charge on any atom is 0.407 e. The Kier molecular flexibility index (Phi) is 3.79. The number of hydrogen-bond donors (Lipinski definition) is 1. The maximum atomic E-state index is 11.4. The monoisotopic (exact) mass is 235 g/mol. The lowest BCUT2D eigenvalue weighted by Crippen LogP contribution is -2.32. The number of carbonyl (C=O) groups excluding carboxylic acids is 1. The lowest BCUT2D eigenvalue weighted by molar-refractivity contribution is 0.0523. The molecule has 1 aromatic heterocycles. The van der Waals surface area contributed by atoms with Gasteiger partial charge in [-0.3, -0.25) is 4.68 Å². The summed E-state index contributed by atoms with van der Waals surface area (Å²) in [5.74, 6) is 2.51. The fourth-order valence-corrected chi connectivity index (χ4v) is 1.26. The number of nitrogens with zero attached hydrogens (tertiary/aromatic N) is 2. The molecule has 1 amide bonds. The van der Waals surface area contributed by atoms with E-state index in [1.807, 2.05) is 0 Å². The summed E-state index contributed by atoms with van der Waals surface area (Å²) in [6.07, 6.45) is 6.57. The topological polar surface area (TPSA) is 56.2 Å². The molecular weight excluding hydrogens is 218 g/mol. The quantitative estimate of drug-likeness (QED) is 0.789. The third-order valence-electron chi connectivity index (χ3n) is 1.86. The SMILES string of the molecule is C#Cc1cn(C)nc1CNC(=O)OC(C)(C)C. The molecular formula is C12H17N3O2. The van der Waals surface area contributed by atoms with Crippen LogP contribution in [0.1, 0.15) is 32.0 Å². The highest BCUT2D eigenvalue weighted by Crippen LogP contribution is 2.08. The standard InChI is InChI=1S/C12H17N3O2/c1-6-9-8-15(5)14-10(9)7-13-11(16)17-12(2,3)4/h1,8H,7H2,2-5H3,(H,13,16). The van der Waals surface area contributed by atoms with Gasteiger partial charge in [-0.25, -0.2) is 4.79 Å². The Morgan fingerprint density at radius 3 is 2.82 bits per heavy atom. The molecule has 0 aromatic carbocycles. The Labute approximate surface area is 101 Å². The largest absolute Gasteiger partial charge is 0.444 e. The minimum Gasteiger partial charge on any atom is -0.444 e. The van der Waals surface area contributed by atoms with Crippen LogP contribution >= 0.6 is 0 Å². The molecule has 1 N–H and O–H groups in total. The van der Waals surface area contributed by atoms with Crippen LogP contribution in [0, 0.1) is 12.3 Å². The molecule has 0 aliphatic heterocycles. The van der Waals surface area contributed by atoms with E-state index in [9.17, 15) is 4.79 Å². The van der Waals surface area contributed by atoms with Crippen molar-refractivity contribution in [3.8, 4) is 12.3 Å². The van der Waals surface area contributed by atoms with Crippen molar-refractivity contribution in [2.45, 2.75) is 32.9 Å². The molecule has 0 aliphatic carbocycles. The number of aromatic nitrogens is 2. The zero-order valence-corrected chi connectivity index (χ0v) is 10.6. The minimum atomic E-state index is -0.511. The fraction of sp³-hybridized carbons (Fsp3) is 0.500. The van der Waals surface area contributed by atoms with E-state index in [1.165, 1.54) is 0 Å². The van der Waals surface area contributed by atoms with Crippen molar-refractivity contribution in [1.29, 1.82) is 0 Å². The van der Waals surface area contributed by atoms with Gasteiger partial charge in [0.05, 0.1) is 17.8 Å². The number of terminal acetylenes is 1. The second-order valence-electron chi connectivity index (χ2n) is 4.66. The predicted molar refractivity (Wildman–Crippen MR) is 64.2 cm³/mol. The molecule has 0 bridgehead atoms. The van der Waals surface area contributed by atoms with Gasteiger partial charge in [-0.2, -0.15) is 5.10 Å². The Morgan fingerprint density at radius 1 is 1.65 bits per heavy atom. The normalized spacial score (nSPS) is 10.8.